The Morgan fingerprint density at radius 3 is 1.42 bits per heavy atom. The highest BCUT2D eigenvalue weighted by molar-refractivity contribution is 7.81. The van der Waals surface area contributed by atoms with Crippen LogP contribution in [0.3, 0.4) is 0 Å². The molecular formula is C28H42N8O8S. The van der Waals surface area contributed by atoms with Gasteiger partial charge in [-0.1, -0.05) is 0 Å². The zero-order chi connectivity index (χ0) is 31.1. The average molecular weight is 651 g/mol. The summed E-state index contributed by atoms with van der Waals surface area (Å²) in [5.74, 6) is -0.447. The Labute approximate surface area is 262 Å². The second-order valence-corrected chi connectivity index (χ2v) is 15.5. The molecule has 6 amide bonds. The van der Waals surface area contributed by atoms with Crippen molar-refractivity contribution >= 4 is 34.3 Å². The molecule has 8 aliphatic rings. The molecule has 2 saturated carbocycles. The molecule has 0 aromatic carbocycles. The summed E-state index contributed by atoms with van der Waals surface area (Å²) in [4.78, 5) is 56.5. The van der Waals surface area contributed by atoms with Gasteiger partial charge in [0, 0.05) is 25.2 Å². The number of amides is 6. The molecule has 4 atom stereocenters. The molecule has 0 aromatic heterocycles. The molecule has 0 radical (unpaired) electrons. The number of nitrogens with zero attached hydrogens (tertiary/aromatic N) is 4. The third kappa shape index (κ3) is 5.14. The molecule has 4 bridgehead atoms. The van der Waals surface area contributed by atoms with Gasteiger partial charge in [0.25, 0.3) is 0 Å². The number of rotatable bonds is 8. The van der Waals surface area contributed by atoms with Gasteiger partial charge in [-0.15, -0.1) is 8.57 Å². The number of fused-ring (bicyclic) bond motifs is 6. The third-order valence-corrected chi connectivity index (χ3v) is 12.3. The number of urea groups is 2. The van der Waals surface area contributed by atoms with Crippen LogP contribution in [0, 0.1) is 10.8 Å². The highest BCUT2D eigenvalue weighted by Crippen LogP contribution is 2.60. The number of hydrogen-bond donors (Lipinski definition) is 4. The van der Waals surface area contributed by atoms with Crippen LogP contribution in [0.25, 0.3) is 0 Å². The zero-order valence-corrected chi connectivity index (χ0v) is 26.1. The molecule has 0 unspecified atom stereocenters. The summed E-state index contributed by atoms with van der Waals surface area (Å²) in [6, 6.07) is -3.87. The fourth-order valence-corrected chi connectivity index (χ4v) is 9.39. The first-order chi connectivity index (χ1) is 21.6. The van der Waals surface area contributed by atoms with E-state index in [1.807, 2.05) is 0 Å². The van der Waals surface area contributed by atoms with Gasteiger partial charge in [-0.25, -0.2) is 9.59 Å². The van der Waals surface area contributed by atoms with Crippen molar-refractivity contribution in [3.05, 3.63) is 0 Å². The molecule has 248 valence electrons. The SMILES string of the molecule is O=C(NC1CCNCC1)[C@@H]1CC2(CC2)[C@@H]2CN1C(=O)N2OS(=O)(=O)ON1C(=O)N2C[C@H]1C1(CC1)C[C@H]2C(=O)NC1CCNCC1. The maximum atomic E-state index is 13.5. The topological polar surface area (TPSA) is 182 Å². The summed E-state index contributed by atoms with van der Waals surface area (Å²) in [7, 11) is -4.92. The fourth-order valence-electron chi connectivity index (χ4n) is 8.63. The first-order valence-electron chi connectivity index (χ1n) is 16.4. The van der Waals surface area contributed by atoms with Crippen LogP contribution in [0.2, 0.25) is 0 Å². The minimum absolute atomic E-state index is 0.0311. The Balaban J connectivity index is 0.950. The lowest BCUT2D eigenvalue weighted by molar-refractivity contribution is -0.128. The predicted octanol–water partition coefficient (Wildman–Crippen LogP) is -0.852. The van der Waals surface area contributed by atoms with Crippen LogP contribution in [0.4, 0.5) is 9.59 Å². The van der Waals surface area contributed by atoms with E-state index in [1.165, 1.54) is 9.80 Å². The second kappa shape index (κ2) is 10.7. The van der Waals surface area contributed by atoms with E-state index in [-0.39, 0.29) is 37.0 Å². The number of carbonyl (C=O) groups is 4. The van der Waals surface area contributed by atoms with Gasteiger partial charge in [-0.05, 0) is 101 Å². The largest absolute Gasteiger partial charge is 0.442 e. The van der Waals surface area contributed by atoms with Crippen LogP contribution in [-0.2, 0) is 28.6 Å². The van der Waals surface area contributed by atoms with Crippen molar-refractivity contribution in [3.63, 3.8) is 0 Å². The summed E-state index contributed by atoms with van der Waals surface area (Å²) in [6.07, 6.45) is 7.12. The molecule has 17 heteroatoms. The number of hydroxylamine groups is 4. The monoisotopic (exact) mass is 650 g/mol. The molecule has 45 heavy (non-hydrogen) atoms. The van der Waals surface area contributed by atoms with Crippen molar-refractivity contribution in [1.29, 1.82) is 0 Å². The summed E-state index contributed by atoms with van der Waals surface area (Å²) < 4.78 is 37.5. The summed E-state index contributed by atoms with van der Waals surface area (Å²) in [5.41, 5.74) is -0.819. The van der Waals surface area contributed by atoms with Gasteiger partial charge in [0.1, 0.15) is 12.1 Å². The average Bonchev–Trinajstić information content (AvgIpc) is 3.94. The van der Waals surface area contributed by atoms with Crippen LogP contribution >= 0.6 is 0 Å². The molecule has 8 fully saturated rings. The molecule has 8 rings (SSSR count). The fraction of sp³-hybridized carbons (Fsp3) is 0.857. The molecule has 6 heterocycles. The Morgan fingerprint density at radius 2 is 1.07 bits per heavy atom. The van der Waals surface area contributed by atoms with Crippen LogP contribution < -0.4 is 21.3 Å². The highest BCUT2D eigenvalue weighted by atomic mass is 32.3. The van der Waals surface area contributed by atoms with Gasteiger partial charge in [0.05, 0.1) is 12.1 Å². The second-order valence-electron chi connectivity index (χ2n) is 14.3. The first-order valence-corrected chi connectivity index (χ1v) is 17.8. The van der Waals surface area contributed by atoms with Gasteiger partial charge in [0.15, 0.2) is 0 Å². The lowest BCUT2D eigenvalue weighted by Gasteiger charge is -2.37. The van der Waals surface area contributed by atoms with E-state index in [1.54, 1.807) is 0 Å². The summed E-state index contributed by atoms with van der Waals surface area (Å²) in [5, 5.41) is 14.4. The van der Waals surface area contributed by atoms with Crippen LogP contribution in [0.15, 0.2) is 0 Å². The summed E-state index contributed by atoms with van der Waals surface area (Å²) >= 11 is 0. The number of piperidine rings is 4. The van der Waals surface area contributed by atoms with Crippen molar-refractivity contribution in [2.45, 2.75) is 100 Å². The van der Waals surface area contributed by atoms with E-state index in [0.717, 1.165) is 87.7 Å². The van der Waals surface area contributed by atoms with E-state index in [4.69, 9.17) is 8.57 Å². The van der Waals surface area contributed by atoms with E-state index in [0.29, 0.717) is 12.8 Å². The van der Waals surface area contributed by atoms with Crippen molar-refractivity contribution < 1.29 is 36.2 Å². The van der Waals surface area contributed by atoms with Gasteiger partial charge in [0.2, 0.25) is 11.8 Å². The van der Waals surface area contributed by atoms with Gasteiger partial charge >= 0.3 is 22.5 Å². The van der Waals surface area contributed by atoms with E-state index in [9.17, 15) is 27.6 Å². The molecule has 6 saturated heterocycles. The Kier molecular flexibility index (Phi) is 7.02. The Morgan fingerprint density at radius 1 is 0.689 bits per heavy atom. The zero-order valence-electron chi connectivity index (χ0n) is 25.2. The minimum atomic E-state index is -4.92. The molecule has 6 aliphatic heterocycles. The quantitative estimate of drug-likeness (QED) is 0.258. The first kappa shape index (κ1) is 29.7. The van der Waals surface area contributed by atoms with Crippen LogP contribution in [0.5, 0.6) is 0 Å². The number of hydrogen-bond acceptors (Lipinski definition) is 10. The predicted molar refractivity (Wildman–Crippen MR) is 155 cm³/mol. The van der Waals surface area contributed by atoms with E-state index in [2.05, 4.69) is 21.3 Å². The normalized spacial score (nSPS) is 33.7. The molecule has 16 nitrogen and oxygen atoms in total. The van der Waals surface area contributed by atoms with Crippen molar-refractivity contribution in [3.8, 4) is 0 Å². The van der Waals surface area contributed by atoms with E-state index < -0.39 is 57.5 Å². The highest BCUT2D eigenvalue weighted by Gasteiger charge is 2.67. The Hall–Kier alpha value is -2.73. The van der Waals surface area contributed by atoms with E-state index >= 15 is 0 Å². The number of carbonyl (C=O) groups excluding carboxylic acids is 4. The molecule has 2 aliphatic carbocycles. The van der Waals surface area contributed by atoms with Gasteiger partial charge in [-0.2, -0.15) is 18.5 Å². The maximum Gasteiger partial charge on any atom is 0.442 e. The maximum absolute atomic E-state index is 13.5. The minimum Gasteiger partial charge on any atom is -0.351 e. The standard InChI is InChI=1S/C28H42N8O8S/c37-23(31-17-1-9-29-10-2-17)19-13-27(5-6-27)21-15-33(19)25(39)35(21)43-45(41,42)44-36-22-16-34(26(36)40)20(14-28(22)7-8-28)24(38)32-18-3-11-30-12-4-18/h17-22,29-30H,1-16H2,(H,31,37)(H,32,38)/t19-,20-,21-,22-/m0/s1. The van der Waals surface area contributed by atoms with Gasteiger partial charge in [-0.3, -0.25) is 9.59 Å². The molecule has 4 N–H and O–H groups in total. The van der Waals surface area contributed by atoms with Crippen molar-refractivity contribution in [2.75, 3.05) is 39.3 Å². The van der Waals surface area contributed by atoms with Crippen molar-refractivity contribution in [1.82, 2.24) is 41.2 Å². The van der Waals surface area contributed by atoms with Crippen LogP contribution in [-0.4, -0.2) is 128 Å². The van der Waals surface area contributed by atoms with Crippen LogP contribution in [0.1, 0.15) is 64.2 Å². The lowest BCUT2D eigenvalue weighted by atomic mass is 9.85. The Bertz CT molecular complexity index is 1280. The molecular weight excluding hydrogens is 608 g/mol. The lowest BCUT2D eigenvalue weighted by Crippen LogP contribution is -2.55. The smallest absolute Gasteiger partial charge is 0.351 e. The molecule has 0 aromatic rings. The number of nitrogens with one attached hydrogen (secondary N) is 4. The van der Waals surface area contributed by atoms with Gasteiger partial charge < -0.3 is 31.1 Å². The third-order valence-electron chi connectivity index (χ3n) is 11.6. The molecule has 2 spiro atoms. The van der Waals surface area contributed by atoms with Crippen molar-refractivity contribution in [2.24, 2.45) is 10.8 Å². The summed E-state index contributed by atoms with van der Waals surface area (Å²) in [6.45, 7) is 3.61.